The van der Waals surface area contributed by atoms with Gasteiger partial charge < -0.3 is 9.30 Å². The fraction of sp³-hybridized carbons (Fsp3) is 0.667. The second-order valence-corrected chi connectivity index (χ2v) is 9.40. The second-order valence-electron chi connectivity index (χ2n) is 4.38. The van der Waals surface area contributed by atoms with E-state index >= 15 is 0 Å². The van der Waals surface area contributed by atoms with Crippen LogP contribution >= 0.6 is 0 Å². The molecular weight excluding hydrogens is 258 g/mol. The van der Waals surface area contributed by atoms with Gasteiger partial charge in [0.1, 0.15) is 8.24 Å². The van der Waals surface area contributed by atoms with Crippen molar-refractivity contribution in [3.63, 3.8) is 0 Å². The minimum Gasteiger partial charge on any atom is -0.465 e. The molecule has 0 saturated carbocycles. The molecule has 0 amide bonds. The lowest BCUT2D eigenvalue weighted by Crippen LogP contribution is -2.43. The van der Waals surface area contributed by atoms with Gasteiger partial charge in [-0.3, -0.25) is 0 Å². The molecule has 0 saturated heterocycles. The molecule has 0 radical (unpaired) electrons. The third-order valence-electron chi connectivity index (χ3n) is 2.18. The van der Waals surface area contributed by atoms with Gasteiger partial charge in [-0.15, -0.1) is 0 Å². The van der Waals surface area contributed by atoms with Crippen LogP contribution in [-0.4, -0.2) is 39.1 Å². The van der Waals surface area contributed by atoms with Crippen LogP contribution in [0.1, 0.15) is 0 Å². The van der Waals surface area contributed by atoms with Crippen LogP contribution in [0.3, 0.4) is 0 Å². The van der Waals surface area contributed by atoms with E-state index in [0.29, 0.717) is 0 Å². The summed E-state index contributed by atoms with van der Waals surface area (Å²) in [4.78, 5) is 11.0. The average molecular weight is 273 g/mol. The Kier molecular flexibility index (Phi) is 4.76. The van der Waals surface area contributed by atoms with E-state index in [4.69, 9.17) is 0 Å². The first-order chi connectivity index (χ1) is 7.42. The van der Waals surface area contributed by atoms with E-state index in [1.165, 1.54) is 7.05 Å². The Balaban J connectivity index is 5.65. The number of hydrogen-bond acceptors (Lipinski definition) is 3. The van der Waals surface area contributed by atoms with Crippen LogP contribution in [0.15, 0.2) is 11.5 Å². The fourth-order valence-corrected chi connectivity index (χ4v) is 1.58. The number of carbonyl (C=O) groups is 1. The summed E-state index contributed by atoms with van der Waals surface area (Å²) in [5.74, 6) is -3.32. The summed E-state index contributed by atoms with van der Waals surface area (Å²) in [5, 5.41) is 0. The minimum atomic E-state index is -5.08. The van der Waals surface area contributed by atoms with E-state index < -0.39 is 31.9 Å². The maximum atomic E-state index is 13.7. The summed E-state index contributed by atoms with van der Waals surface area (Å²) < 4.78 is 56.2. The summed E-state index contributed by atoms with van der Waals surface area (Å²) in [5.41, 5.74) is -1.90. The topological polar surface area (TPSA) is 29.5 Å². The molecule has 0 aromatic carbocycles. The number of ether oxygens (including phenoxy) is 1. The molecule has 0 spiro atoms. The van der Waals surface area contributed by atoms with Gasteiger partial charge in [-0.2, -0.15) is 17.6 Å². The van der Waals surface area contributed by atoms with Crippen LogP contribution in [0, 0.1) is 0 Å². The summed E-state index contributed by atoms with van der Waals surface area (Å²) in [6, 6.07) is 0. The van der Waals surface area contributed by atoms with Crippen molar-refractivity contribution in [2.45, 2.75) is 25.8 Å². The Morgan fingerprint density at radius 2 is 1.65 bits per heavy atom. The summed E-state index contributed by atoms with van der Waals surface area (Å²) in [7, 11) is -0.367. The molecule has 3 nitrogen and oxygen atoms in total. The first-order valence-electron chi connectivity index (χ1n) is 4.72. The van der Waals surface area contributed by atoms with Gasteiger partial charge in [-0.1, -0.05) is 19.6 Å². The Morgan fingerprint density at radius 1 is 1.24 bits per heavy atom. The second kappa shape index (κ2) is 5.07. The molecule has 0 aromatic heterocycles. The van der Waals surface area contributed by atoms with Gasteiger partial charge in [-0.25, -0.2) is 4.79 Å². The van der Waals surface area contributed by atoms with Gasteiger partial charge >= 0.3 is 12.1 Å². The van der Waals surface area contributed by atoms with Crippen molar-refractivity contribution in [3.05, 3.63) is 11.5 Å². The molecule has 0 N–H and O–H groups in total. The molecular formula is C9H15F4NO2Si. The summed E-state index contributed by atoms with van der Waals surface area (Å²) >= 11 is 0. The van der Waals surface area contributed by atoms with Crippen LogP contribution in [0.4, 0.5) is 17.6 Å². The molecule has 0 aliphatic carbocycles. The first-order valence-corrected chi connectivity index (χ1v) is 8.16. The van der Waals surface area contributed by atoms with E-state index in [-0.39, 0.29) is 0 Å². The molecule has 100 valence electrons. The predicted octanol–water partition coefficient (Wildman–Crippen LogP) is 2.67. The normalized spacial score (nSPS) is 14.2. The van der Waals surface area contributed by atoms with Gasteiger partial charge in [0, 0.05) is 0 Å². The molecule has 0 atom stereocenters. The summed E-state index contributed by atoms with van der Waals surface area (Å²) in [6.07, 6.45) is -5.08. The fourth-order valence-electron chi connectivity index (χ4n) is 0.881. The smallest absolute Gasteiger partial charge is 0.427 e. The molecule has 8 heteroatoms. The Labute approximate surface area is 98.1 Å². The third kappa shape index (κ3) is 4.03. The van der Waals surface area contributed by atoms with Gasteiger partial charge in [0.05, 0.1) is 7.11 Å². The van der Waals surface area contributed by atoms with Crippen LogP contribution in [0.5, 0.6) is 0 Å². The highest BCUT2D eigenvalue weighted by atomic mass is 28.3. The third-order valence-corrected chi connectivity index (χ3v) is 4.39. The molecule has 0 bridgehead atoms. The Hall–Kier alpha value is -1.05. The van der Waals surface area contributed by atoms with Crippen molar-refractivity contribution < 1.29 is 27.1 Å². The maximum absolute atomic E-state index is 13.7. The molecule has 0 aliphatic heterocycles. The average Bonchev–Trinajstić information content (AvgIpc) is 2.12. The molecule has 0 aliphatic rings. The van der Waals surface area contributed by atoms with Crippen molar-refractivity contribution in [2.24, 2.45) is 0 Å². The van der Waals surface area contributed by atoms with Crippen molar-refractivity contribution in [3.8, 4) is 0 Å². The number of hydrogen-bond donors (Lipinski definition) is 0. The van der Waals surface area contributed by atoms with Crippen molar-refractivity contribution in [2.75, 3.05) is 14.2 Å². The van der Waals surface area contributed by atoms with Crippen molar-refractivity contribution >= 4 is 14.2 Å². The highest BCUT2D eigenvalue weighted by molar-refractivity contribution is 6.73. The van der Waals surface area contributed by atoms with Gasteiger partial charge in [0.25, 0.3) is 0 Å². The zero-order chi connectivity index (χ0) is 14.0. The zero-order valence-corrected chi connectivity index (χ0v) is 11.3. The molecule has 0 aromatic rings. The summed E-state index contributed by atoms with van der Waals surface area (Å²) in [6.45, 7) is 4.95. The van der Waals surface area contributed by atoms with E-state index in [9.17, 15) is 22.4 Å². The molecule has 0 unspecified atom stereocenters. The molecule has 0 fully saturated rings. The number of nitrogens with zero attached hydrogens (tertiary/aromatic N) is 1. The largest absolute Gasteiger partial charge is 0.465 e. The lowest BCUT2D eigenvalue weighted by molar-refractivity contribution is -0.149. The highest BCUT2D eigenvalue weighted by Crippen LogP contribution is 2.32. The lowest BCUT2D eigenvalue weighted by atomic mass is 10.3. The predicted molar refractivity (Wildman–Crippen MR) is 57.3 cm³/mol. The minimum absolute atomic E-state index is 0.774. The maximum Gasteiger partial charge on any atom is 0.427 e. The lowest BCUT2D eigenvalue weighted by Gasteiger charge is -2.31. The SMILES string of the molecule is COC(=O)/C(=C(/F)N(C)[Si](C)(C)C)C(F)(F)F. The molecule has 0 rings (SSSR count). The monoisotopic (exact) mass is 273 g/mol. The first kappa shape index (κ1) is 15.9. The Bertz CT molecular complexity index is 333. The van der Waals surface area contributed by atoms with E-state index in [1.807, 2.05) is 0 Å². The number of esters is 1. The van der Waals surface area contributed by atoms with Gasteiger partial charge in [0.15, 0.2) is 5.57 Å². The van der Waals surface area contributed by atoms with Gasteiger partial charge in [0.2, 0.25) is 5.95 Å². The van der Waals surface area contributed by atoms with E-state index in [2.05, 4.69) is 4.74 Å². The van der Waals surface area contributed by atoms with E-state index in [0.717, 1.165) is 11.7 Å². The van der Waals surface area contributed by atoms with Gasteiger partial charge in [-0.05, 0) is 7.05 Å². The molecule has 17 heavy (non-hydrogen) atoms. The van der Waals surface area contributed by atoms with Crippen LogP contribution in [0.25, 0.3) is 0 Å². The van der Waals surface area contributed by atoms with Crippen LogP contribution in [-0.2, 0) is 9.53 Å². The van der Waals surface area contributed by atoms with Crippen LogP contribution in [0.2, 0.25) is 19.6 Å². The van der Waals surface area contributed by atoms with Crippen molar-refractivity contribution in [1.82, 2.24) is 4.57 Å². The van der Waals surface area contributed by atoms with Crippen LogP contribution < -0.4 is 0 Å². The number of alkyl halides is 3. The number of halogens is 4. The Morgan fingerprint density at radius 3 is 1.88 bits per heavy atom. The number of rotatable bonds is 3. The highest BCUT2D eigenvalue weighted by Gasteiger charge is 2.45. The number of carbonyl (C=O) groups excluding carboxylic acids is 1. The van der Waals surface area contributed by atoms with Crippen molar-refractivity contribution in [1.29, 1.82) is 0 Å². The standard InChI is InChI=1S/C9H15F4NO2Si/c1-14(17(3,4)5)7(10)6(8(15)16-2)9(11,12)13/h1-5H3/b7-6+. The quantitative estimate of drug-likeness (QED) is 0.260. The van der Waals surface area contributed by atoms with E-state index in [1.54, 1.807) is 19.6 Å². The zero-order valence-electron chi connectivity index (χ0n) is 10.3. The molecule has 0 heterocycles. The number of methoxy groups -OCH3 is 1.